The SMILES string of the molecule is CC(CCCCCC(=O)NC(CO)CO)CC1C(O)CC(O)C1CCC(O)CCc1ccccc1. The first-order valence-electron chi connectivity index (χ1n) is 13.4. The first-order chi connectivity index (χ1) is 16.8. The van der Waals surface area contributed by atoms with Gasteiger partial charge >= 0.3 is 0 Å². The zero-order valence-electron chi connectivity index (χ0n) is 21.3. The minimum absolute atomic E-state index is 0.0218. The van der Waals surface area contributed by atoms with Crippen molar-refractivity contribution in [2.75, 3.05) is 13.2 Å². The summed E-state index contributed by atoms with van der Waals surface area (Å²) in [5.41, 5.74) is 1.22. The van der Waals surface area contributed by atoms with Gasteiger partial charge in [-0.15, -0.1) is 0 Å². The quantitative estimate of drug-likeness (QED) is 0.185. The molecule has 35 heavy (non-hydrogen) atoms. The Morgan fingerprint density at radius 1 is 0.971 bits per heavy atom. The lowest BCUT2D eigenvalue weighted by Crippen LogP contribution is -2.39. The molecule has 1 aliphatic carbocycles. The Hall–Kier alpha value is -1.51. The van der Waals surface area contributed by atoms with E-state index in [1.165, 1.54) is 5.56 Å². The lowest BCUT2D eigenvalue weighted by atomic mass is 9.81. The van der Waals surface area contributed by atoms with Crippen LogP contribution in [0.5, 0.6) is 0 Å². The molecule has 6 atom stereocenters. The van der Waals surface area contributed by atoms with Crippen molar-refractivity contribution < 1.29 is 30.3 Å². The summed E-state index contributed by atoms with van der Waals surface area (Å²) in [6, 6.07) is 9.55. The standard InChI is InChI=1S/C28H47NO6/c1-20(8-4-2-7-11-28(35)29-22(18-30)19-31)16-25-24(26(33)17-27(25)34)15-14-23(32)13-12-21-9-5-3-6-10-21/h3,5-6,9-10,20,22-27,30-34H,2,4,7-8,11-19H2,1H3,(H,29,35). The first-order valence-corrected chi connectivity index (χ1v) is 13.4. The van der Waals surface area contributed by atoms with Gasteiger partial charge < -0.3 is 30.8 Å². The van der Waals surface area contributed by atoms with Gasteiger partial charge in [-0.2, -0.15) is 0 Å². The highest BCUT2D eigenvalue weighted by molar-refractivity contribution is 5.76. The molecule has 7 nitrogen and oxygen atoms in total. The molecule has 7 heteroatoms. The molecule has 1 aliphatic rings. The molecule has 0 aliphatic heterocycles. The van der Waals surface area contributed by atoms with Crippen LogP contribution in [0.1, 0.15) is 76.7 Å². The van der Waals surface area contributed by atoms with Crippen molar-refractivity contribution >= 4 is 5.91 Å². The Bertz CT molecular complexity index is 698. The highest BCUT2D eigenvalue weighted by Gasteiger charge is 2.41. The normalized spacial score (nSPS) is 24.0. The van der Waals surface area contributed by atoms with E-state index in [0.717, 1.165) is 44.9 Å². The number of benzene rings is 1. The summed E-state index contributed by atoms with van der Waals surface area (Å²) < 4.78 is 0. The van der Waals surface area contributed by atoms with Crippen molar-refractivity contribution in [2.45, 2.75) is 102 Å². The number of unbranched alkanes of at least 4 members (excludes halogenated alkanes) is 2. The van der Waals surface area contributed by atoms with E-state index in [9.17, 15) is 20.1 Å². The van der Waals surface area contributed by atoms with E-state index in [-0.39, 0.29) is 31.0 Å². The number of amides is 1. The number of rotatable bonds is 17. The number of nitrogens with one attached hydrogen (secondary N) is 1. The average Bonchev–Trinajstić information content (AvgIpc) is 3.11. The zero-order chi connectivity index (χ0) is 25.6. The largest absolute Gasteiger partial charge is 0.394 e. The van der Waals surface area contributed by atoms with Gasteiger partial charge in [-0.25, -0.2) is 0 Å². The van der Waals surface area contributed by atoms with Crippen LogP contribution in [0.2, 0.25) is 0 Å². The summed E-state index contributed by atoms with van der Waals surface area (Å²) in [6.07, 6.45) is 6.84. The van der Waals surface area contributed by atoms with Crippen molar-refractivity contribution in [1.82, 2.24) is 5.32 Å². The van der Waals surface area contributed by atoms with E-state index in [1.807, 2.05) is 18.2 Å². The van der Waals surface area contributed by atoms with Gasteiger partial charge in [0.1, 0.15) is 0 Å². The third-order valence-electron chi connectivity index (χ3n) is 7.54. The minimum Gasteiger partial charge on any atom is -0.394 e. The van der Waals surface area contributed by atoms with Crippen LogP contribution in [0.3, 0.4) is 0 Å². The number of hydrogen-bond donors (Lipinski definition) is 6. The van der Waals surface area contributed by atoms with E-state index in [2.05, 4.69) is 24.4 Å². The third-order valence-corrected chi connectivity index (χ3v) is 7.54. The van der Waals surface area contributed by atoms with E-state index in [0.29, 0.717) is 31.6 Å². The van der Waals surface area contributed by atoms with E-state index in [4.69, 9.17) is 10.2 Å². The van der Waals surface area contributed by atoms with Crippen molar-refractivity contribution in [1.29, 1.82) is 0 Å². The molecule has 1 saturated carbocycles. The molecule has 1 fully saturated rings. The lowest BCUT2D eigenvalue weighted by molar-refractivity contribution is -0.122. The fraction of sp³-hybridized carbons (Fsp3) is 0.750. The Labute approximate surface area is 210 Å². The molecule has 1 amide bonds. The monoisotopic (exact) mass is 493 g/mol. The van der Waals surface area contributed by atoms with Gasteiger partial charge in [0, 0.05) is 6.42 Å². The molecule has 0 saturated heterocycles. The number of aliphatic hydroxyl groups excluding tert-OH is 5. The van der Waals surface area contributed by atoms with Crippen molar-refractivity contribution in [3.8, 4) is 0 Å². The van der Waals surface area contributed by atoms with Gasteiger partial charge in [0.05, 0.1) is 37.6 Å². The van der Waals surface area contributed by atoms with Crippen molar-refractivity contribution in [3.63, 3.8) is 0 Å². The smallest absolute Gasteiger partial charge is 0.220 e. The number of hydrogen-bond acceptors (Lipinski definition) is 6. The summed E-state index contributed by atoms with van der Waals surface area (Å²) in [6.45, 7) is 1.65. The summed E-state index contributed by atoms with van der Waals surface area (Å²) in [5.74, 6) is 0.338. The maximum Gasteiger partial charge on any atom is 0.220 e. The molecule has 1 aromatic rings. The number of aliphatic hydroxyl groups is 5. The van der Waals surface area contributed by atoms with Crippen LogP contribution in [0.15, 0.2) is 30.3 Å². The first kappa shape index (κ1) is 29.7. The third kappa shape index (κ3) is 11.0. The Balaban J connectivity index is 1.67. The molecule has 1 aromatic carbocycles. The molecule has 0 heterocycles. The topological polar surface area (TPSA) is 130 Å². The number of carbonyl (C=O) groups is 1. The van der Waals surface area contributed by atoms with Gasteiger partial charge in [-0.3, -0.25) is 4.79 Å². The molecule has 0 radical (unpaired) electrons. The second-order valence-electron chi connectivity index (χ2n) is 10.5. The van der Waals surface area contributed by atoms with Gasteiger partial charge in [-0.1, -0.05) is 56.5 Å². The number of aryl methyl sites for hydroxylation is 1. The summed E-state index contributed by atoms with van der Waals surface area (Å²) in [7, 11) is 0. The number of carbonyl (C=O) groups excluding carboxylic acids is 1. The Morgan fingerprint density at radius 3 is 2.34 bits per heavy atom. The fourth-order valence-electron chi connectivity index (χ4n) is 5.40. The summed E-state index contributed by atoms with van der Waals surface area (Å²) in [4.78, 5) is 11.8. The highest BCUT2D eigenvalue weighted by Crippen LogP contribution is 2.40. The van der Waals surface area contributed by atoms with E-state index >= 15 is 0 Å². The maximum absolute atomic E-state index is 11.8. The fourth-order valence-corrected chi connectivity index (χ4v) is 5.40. The molecule has 200 valence electrons. The Morgan fingerprint density at radius 2 is 1.66 bits per heavy atom. The van der Waals surface area contributed by atoms with Crippen molar-refractivity contribution in [3.05, 3.63) is 35.9 Å². The predicted octanol–water partition coefficient (Wildman–Crippen LogP) is 2.56. The molecule has 0 aromatic heterocycles. The lowest BCUT2D eigenvalue weighted by Gasteiger charge is -2.27. The van der Waals surface area contributed by atoms with Crippen LogP contribution in [0.4, 0.5) is 0 Å². The van der Waals surface area contributed by atoms with Crippen molar-refractivity contribution in [2.24, 2.45) is 17.8 Å². The molecular weight excluding hydrogens is 446 g/mol. The molecule has 6 N–H and O–H groups in total. The molecule has 0 spiro atoms. The van der Waals surface area contributed by atoms with E-state index in [1.54, 1.807) is 0 Å². The molecule has 0 bridgehead atoms. The average molecular weight is 494 g/mol. The summed E-state index contributed by atoms with van der Waals surface area (Å²) in [5, 5.41) is 52.3. The predicted molar refractivity (Wildman–Crippen MR) is 137 cm³/mol. The summed E-state index contributed by atoms with van der Waals surface area (Å²) >= 11 is 0. The van der Waals surface area contributed by atoms with Gasteiger partial charge in [0.25, 0.3) is 0 Å². The maximum atomic E-state index is 11.8. The van der Waals surface area contributed by atoms with Gasteiger partial charge in [0.2, 0.25) is 5.91 Å². The second-order valence-corrected chi connectivity index (χ2v) is 10.5. The van der Waals surface area contributed by atoms with Crippen LogP contribution < -0.4 is 5.32 Å². The molecule has 2 rings (SSSR count). The van der Waals surface area contributed by atoms with Crippen LogP contribution >= 0.6 is 0 Å². The second kappa shape index (κ2) is 16.3. The highest BCUT2D eigenvalue weighted by atomic mass is 16.3. The molecular formula is C28H47NO6. The zero-order valence-corrected chi connectivity index (χ0v) is 21.3. The minimum atomic E-state index is -0.589. The van der Waals surface area contributed by atoms with Crippen LogP contribution in [0.25, 0.3) is 0 Å². The van der Waals surface area contributed by atoms with E-state index < -0.39 is 24.4 Å². The van der Waals surface area contributed by atoms with Gasteiger partial charge in [0.15, 0.2) is 0 Å². The van der Waals surface area contributed by atoms with Crippen LogP contribution in [0, 0.1) is 17.8 Å². The van der Waals surface area contributed by atoms with Crippen LogP contribution in [-0.2, 0) is 11.2 Å². The molecule has 6 unspecified atom stereocenters. The Kier molecular flexibility index (Phi) is 13.8. The van der Waals surface area contributed by atoms with Gasteiger partial charge in [-0.05, 0) is 68.3 Å². The van der Waals surface area contributed by atoms with Crippen LogP contribution in [-0.4, -0.2) is 69.0 Å².